The zero-order chi connectivity index (χ0) is 14.7. The van der Waals surface area contributed by atoms with E-state index in [4.69, 9.17) is 5.11 Å². The monoisotopic (exact) mass is 501 g/mol. The van der Waals surface area contributed by atoms with Gasteiger partial charge in [-0.2, -0.15) is 0 Å². The largest absolute Gasteiger partial charge is 0.506 e. The molecule has 0 saturated heterocycles. The van der Waals surface area contributed by atoms with Crippen LogP contribution in [0.4, 0.5) is 0 Å². The molecular formula is C14H17I2NO3. The molecule has 1 aromatic carbocycles. The molecule has 1 saturated carbocycles. The molecule has 1 fully saturated rings. The minimum Gasteiger partial charge on any atom is -0.506 e. The summed E-state index contributed by atoms with van der Waals surface area (Å²) in [6.07, 6.45) is 3.74. The molecule has 2 N–H and O–H groups in total. The van der Waals surface area contributed by atoms with Crippen molar-refractivity contribution in [2.24, 2.45) is 0 Å². The first kappa shape index (κ1) is 16.3. The van der Waals surface area contributed by atoms with E-state index < -0.39 is 0 Å². The highest BCUT2D eigenvalue weighted by Crippen LogP contribution is 2.31. The normalized spacial score (nSPS) is 14.9. The molecule has 6 heteroatoms. The second-order valence-corrected chi connectivity index (χ2v) is 7.35. The average molecular weight is 501 g/mol. The Kier molecular flexibility index (Phi) is 5.91. The van der Waals surface area contributed by atoms with E-state index >= 15 is 0 Å². The van der Waals surface area contributed by atoms with E-state index in [9.17, 15) is 9.90 Å². The van der Waals surface area contributed by atoms with Crippen molar-refractivity contribution in [3.8, 4) is 5.75 Å². The molecule has 110 valence electrons. The number of carbonyl (C=O) groups excluding carboxylic acids is 1. The Morgan fingerprint density at radius 3 is 2.60 bits per heavy atom. The summed E-state index contributed by atoms with van der Waals surface area (Å²) in [4.78, 5) is 14.5. The zero-order valence-corrected chi connectivity index (χ0v) is 15.3. The molecule has 0 aliphatic heterocycles. The molecule has 0 spiro atoms. The van der Waals surface area contributed by atoms with Gasteiger partial charge in [-0.3, -0.25) is 4.79 Å². The molecule has 0 heterocycles. The van der Waals surface area contributed by atoms with Gasteiger partial charge in [-0.05, 0) is 83.0 Å². The molecule has 1 aromatic rings. The number of halogens is 2. The second kappa shape index (κ2) is 7.26. The summed E-state index contributed by atoms with van der Waals surface area (Å²) >= 11 is 4.18. The summed E-state index contributed by atoms with van der Waals surface area (Å²) in [6.45, 7) is 0.619. The fraction of sp³-hybridized carbons (Fsp3) is 0.500. The van der Waals surface area contributed by atoms with E-state index in [1.165, 1.54) is 0 Å². The predicted molar refractivity (Wildman–Crippen MR) is 93.9 cm³/mol. The molecule has 1 amide bonds. The van der Waals surface area contributed by atoms with E-state index in [-0.39, 0.29) is 24.3 Å². The number of hydrogen-bond acceptors (Lipinski definition) is 3. The number of phenols is 1. The quantitative estimate of drug-likeness (QED) is 0.611. The number of aromatic hydroxyl groups is 1. The molecule has 0 atom stereocenters. The van der Waals surface area contributed by atoms with E-state index in [2.05, 4.69) is 22.6 Å². The Hall–Kier alpha value is -0.0900. The van der Waals surface area contributed by atoms with Gasteiger partial charge in [0.1, 0.15) is 5.75 Å². The van der Waals surface area contributed by atoms with Crippen molar-refractivity contribution in [3.63, 3.8) is 0 Å². The maximum atomic E-state index is 12.7. The van der Waals surface area contributed by atoms with Crippen LogP contribution in [0.1, 0.15) is 36.0 Å². The number of carbonyl (C=O) groups is 1. The minimum atomic E-state index is -0.128. The smallest absolute Gasteiger partial charge is 0.257 e. The summed E-state index contributed by atoms with van der Waals surface area (Å²) in [5.74, 6) is -0.0681. The lowest BCUT2D eigenvalue weighted by Gasteiger charge is -2.37. The van der Waals surface area contributed by atoms with Crippen LogP contribution in [-0.4, -0.2) is 40.2 Å². The van der Waals surface area contributed by atoms with Gasteiger partial charge in [0.25, 0.3) is 5.91 Å². The lowest BCUT2D eigenvalue weighted by molar-refractivity contribution is 0.0559. The van der Waals surface area contributed by atoms with Crippen molar-refractivity contribution >= 4 is 51.1 Å². The number of nitrogens with zero attached hydrogens (tertiary/aromatic N) is 1. The molecule has 1 aliphatic carbocycles. The SMILES string of the molecule is O=C(c1cc(I)cc(I)c1O)N(CCCO)C1CCC1. The van der Waals surface area contributed by atoms with Crippen molar-refractivity contribution in [2.45, 2.75) is 31.7 Å². The van der Waals surface area contributed by atoms with Gasteiger partial charge in [-0.15, -0.1) is 0 Å². The Labute approximate surface area is 145 Å². The number of aliphatic hydroxyl groups is 1. The van der Waals surface area contributed by atoms with Gasteiger partial charge in [0.05, 0.1) is 9.13 Å². The van der Waals surface area contributed by atoms with Crippen molar-refractivity contribution in [1.82, 2.24) is 4.90 Å². The molecule has 4 nitrogen and oxygen atoms in total. The summed E-state index contributed by atoms with van der Waals surface area (Å²) in [5.41, 5.74) is 0.367. The Morgan fingerprint density at radius 2 is 2.05 bits per heavy atom. The highest BCUT2D eigenvalue weighted by molar-refractivity contribution is 14.1. The highest BCUT2D eigenvalue weighted by atomic mass is 127. The molecule has 20 heavy (non-hydrogen) atoms. The molecule has 0 radical (unpaired) electrons. The average Bonchev–Trinajstić information content (AvgIpc) is 2.35. The van der Waals surface area contributed by atoms with Crippen molar-refractivity contribution in [3.05, 3.63) is 24.8 Å². The van der Waals surface area contributed by atoms with Gasteiger partial charge in [-0.25, -0.2) is 0 Å². The van der Waals surface area contributed by atoms with Crippen molar-refractivity contribution in [2.75, 3.05) is 13.2 Å². The number of hydrogen-bond donors (Lipinski definition) is 2. The predicted octanol–water partition coefficient (Wildman–Crippen LogP) is 2.98. The minimum absolute atomic E-state index is 0.0596. The van der Waals surface area contributed by atoms with Crippen LogP contribution in [0.25, 0.3) is 0 Å². The summed E-state index contributed by atoms with van der Waals surface area (Å²) < 4.78 is 1.62. The third kappa shape index (κ3) is 3.56. The highest BCUT2D eigenvalue weighted by Gasteiger charge is 2.30. The van der Waals surface area contributed by atoms with Crippen LogP contribution in [0.15, 0.2) is 12.1 Å². The second-order valence-electron chi connectivity index (χ2n) is 4.94. The molecule has 1 aliphatic rings. The Bertz CT molecular complexity index is 503. The van der Waals surface area contributed by atoms with Crippen LogP contribution in [-0.2, 0) is 0 Å². The van der Waals surface area contributed by atoms with E-state index in [1.54, 1.807) is 11.0 Å². The first-order chi connectivity index (χ1) is 9.54. The Balaban J connectivity index is 2.26. The van der Waals surface area contributed by atoms with Crippen molar-refractivity contribution < 1.29 is 15.0 Å². The van der Waals surface area contributed by atoms with Crippen LogP contribution in [0.3, 0.4) is 0 Å². The molecule has 2 rings (SSSR count). The van der Waals surface area contributed by atoms with Crippen LogP contribution in [0.5, 0.6) is 5.75 Å². The lowest BCUT2D eigenvalue weighted by atomic mass is 9.90. The van der Waals surface area contributed by atoms with E-state index in [0.717, 1.165) is 22.8 Å². The lowest BCUT2D eigenvalue weighted by Crippen LogP contribution is -2.45. The van der Waals surface area contributed by atoms with Gasteiger partial charge in [0.2, 0.25) is 0 Å². The Morgan fingerprint density at radius 1 is 1.35 bits per heavy atom. The van der Waals surface area contributed by atoms with Gasteiger partial charge in [-0.1, -0.05) is 0 Å². The van der Waals surface area contributed by atoms with Crippen LogP contribution in [0.2, 0.25) is 0 Å². The number of aliphatic hydroxyl groups excluding tert-OH is 1. The van der Waals surface area contributed by atoms with Crippen LogP contribution >= 0.6 is 45.2 Å². The summed E-state index contributed by atoms with van der Waals surface area (Å²) in [7, 11) is 0. The molecule has 0 aromatic heterocycles. The van der Waals surface area contributed by atoms with Gasteiger partial charge >= 0.3 is 0 Å². The summed E-state index contributed by atoms with van der Waals surface area (Å²) in [5, 5.41) is 19.1. The van der Waals surface area contributed by atoms with Gasteiger partial charge in [0.15, 0.2) is 0 Å². The number of rotatable bonds is 5. The fourth-order valence-corrected chi connectivity index (χ4v) is 4.12. The van der Waals surface area contributed by atoms with Crippen molar-refractivity contribution in [1.29, 1.82) is 0 Å². The maximum absolute atomic E-state index is 12.7. The maximum Gasteiger partial charge on any atom is 0.257 e. The van der Waals surface area contributed by atoms with Gasteiger partial charge < -0.3 is 15.1 Å². The number of amides is 1. The fourth-order valence-electron chi connectivity index (χ4n) is 2.27. The van der Waals surface area contributed by atoms with E-state index in [1.807, 2.05) is 28.7 Å². The first-order valence-corrected chi connectivity index (χ1v) is 8.80. The third-order valence-corrected chi connectivity index (χ3v) is 5.04. The topological polar surface area (TPSA) is 60.8 Å². The number of benzene rings is 1. The standard InChI is InChI=1S/C14H17I2NO3/c15-9-7-11(13(19)12(16)8-9)14(20)17(5-2-6-18)10-3-1-4-10/h7-8,10,18-19H,1-6H2. The molecule has 0 unspecified atom stereocenters. The number of phenolic OH excluding ortho intramolecular Hbond substituents is 1. The molecule has 0 bridgehead atoms. The van der Waals surface area contributed by atoms with Gasteiger partial charge in [0, 0.05) is 22.8 Å². The molecular weight excluding hydrogens is 484 g/mol. The van der Waals surface area contributed by atoms with Crippen LogP contribution in [0, 0.1) is 7.14 Å². The first-order valence-electron chi connectivity index (χ1n) is 6.64. The third-order valence-electron chi connectivity index (χ3n) is 3.59. The zero-order valence-electron chi connectivity index (χ0n) is 11.0. The summed E-state index contributed by atoms with van der Waals surface area (Å²) in [6, 6.07) is 3.82. The van der Waals surface area contributed by atoms with E-state index in [0.29, 0.717) is 22.1 Å². The van der Waals surface area contributed by atoms with Crippen LogP contribution < -0.4 is 0 Å².